The molecular weight excluding hydrogens is 224 g/mol. The summed E-state index contributed by atoms with van der Waals surface area (Å²) >= 11 is 0. The van der Waals surface area contributed by atoms with Gasteiger partial charge in [0.25, 0.3) is 0 Å². The molecular formula is C15H12N2O. The molecule has 3 nitrogen and oxygen atoms in total. The Bertz CT molecular complexity index is 618. The number of benzene rings is 2. The zero-order valence-electron chi connectivity index (χ0n) is 9.73. The average molecular weight is 236 g/mol. The normalized spacial score (nSPS) is 10.2. The van der Waals surface area contributed by atoms with Crippen LogP contribution >= 0.6 is 0 Å². The molecule has 0 aliphatic rings. The molecule has 88 valence electrons. The molecule has 0 bridgehead atoms. The first kappa shape index (κ1) is 10.6. The van der Waals surface area contributed by atoms with Crippen LogP contribution in [-0.4, -0.2) is 9.78 Å². The van der Waals surface area contributed by atoms with Gasteiger partial charge in [0, 0.05) is 12.4 Å². The molecule has 0 fully saturated rings. The standard InChI is InChI=1S/C15H12N2O/c1-2-7-13(8-3-1)18-15-10-5-4-9-14(15)17-12-6-11-16-17/h1-12H. The number of nitrogens with zero attached hydrogens (tertiary/aromatic N) is 2. The minimum Gasteiger partial charge on any atom is -0.455 e. The molecule has 1 aromatic heterocycles. The Morgan fingerprint density at radius 2 is 1.61 bits per heavy atom. The highest BCUT2D eigenvalue weighted by Gasteiger charge is 2.05. The Morgan fingerprint density at radius 1 is 0.833 bits per heavy atom. The summed E-state index contributed by atoms with van der Waals surface area (Å²) in [5.41, 5.74) is 0.923. The molecule has 3 aromatic rings. The van der Waals surface area contributed by atoms with Crippen LogP contribution in [0.1, 0.15) is 0 Å². The molecule has 0 amide bonds. The summed E-state index contributed by atoms with van der Waals surface area (Å²) < 4.78 is 7.66. The Labute approximate surface area is 105 Å². The molecule has 0 saturated heterocycles. The van der Waals surface area contributed by atoms with Gasteiger partial charge in [0.1, 0.15) is 11.4 Å². The van der Waals surface area contributed by atoms with Crippen LogP contribution in [0.5, 0.6) is 11.5 Å². The van der Waals surface area contributed by atoms with E-state index in [0.29, 0.717) is 0 Å². The van der Waals surface area contributed by atoms with Gasteiger partial charge in [-0.15, -0.1) is 0 Å². The van der Waals surface area contributed by atoms with Crippen molar-refractivity contribution < 1.29 is 4.74 Å². The zero-order valence-corrected chi connectivity index (χ0v) is 9.73. The van der Waals surface area contributed by atoms with Crippen LogP contribution in [0.2, 0.25) is 0 Å². The predicted molar refractivity (Wildman–Crippen MR) is 70.1 cm³/mol. The summed E-state index contributed by atoms with van der Waals surface area (Å²) in [4.78, 5) is 0. The first-order valence-corrected chi connectivity index (χ1v) is 5.75. The first-order chi connectivity index (χ1) is 8.93. The predicted octanol–water partition coefficient (Wildman–Crippen LogP) is 3.66. The molecule has 0 atom stereocenters. The van der Waals surface area contributed by atoms with Crippen LogP contribution in [-0.2, 0) is 0 Å². The van der Waals surface area contributed by atoms with E-state index in [1.54, 1.807) is 10.9 Å². The molecule has 0 saturated carbocycles. The highest BCUT2D eigenvalue weighted by atomic mass is 16.5. The van der Waals surface area contributed by atoms with E-state index in [0.717, 1.165) is 17.2 Å². The largest absolute Gasteiger partial charge is 0.455 e. The molecule has 0 radical (unpaired) electrons. The second-order valence-electron chi connectivity index (χ2n) is 3.83. The van der Waals surface area contributed by atoms with Crippen molar-refractivity contribution in [1.82, 2.24) is 9.78 Å². The fourth-order valence-electron chi connectivity index (χ4n) is 1.76. The van der Waals surface area contributed by atoms with Gasteiger partial charge in [-0.1, -0.05) is 30.3 Å². The highest BCUT2D eigenvalue weighted by molar-refractivity contribution is 5.47. The SMILES string of the molecule is c1ccc(Oc2ccccc2-n2cccn2)cc1. The maximum atomic E-state index is 5.87. The van der Waals surface area contributed by atoms with Crippen LogP contribution < -0.4 is 4.74 Å². The zero-order chi connectivity index (χ0) is 12.2. The fourth-order valence-corrected chi connectivity index (χ4v) is 1.76. The van der Waals surface area contributed by atoms with Crippen molar-refractivity contribution in [2.75, 3.05) is 0 Å². The lowest BCUT2D eigenvalue weighted by Gasteiger charge is -2.10. The third-order valence-electron chi connectivity index (χ3n) is 2.59. The minimum atomic E-state index is 0.785. The molecule has 0 N–H and O–H groups in total. The van der Waals surface area contributed by atoms with Crippen LogP contribution in [0.4, 0.5) is 0 Å². The van der Waals surface area contributed by atoms with E-state index >= 15 is 0 Å². The molecule has 3 heteroatoms. The first-order valence-electron chi connectivity index (χ1n) is 5.75. The highest BCUT2D eigenvalue weighted by Crippen LogP contribution is 2.27. The van der Waals surface area contributed by atoms with E-state index in [2.05, 4.69) is 5.10 Å². The van der Waals surface area contributed by atoms with Gasteiger partial charge in [-0.2, -0.15) is 5.10 Å². The van der Waals surface area contributed by atoms with Gasteiger partial charge in [0.15, 0.2) is 5.75 Å². The number of ether oxygens (including phenoxy) is 1. The van der Waals surface area contributed by atoms with Crippen molar-refractivity contribution in [3.8, 4) is 17.2 Å². The number of hydrogen-bond acceptors (Lipinski definition) is 2. The van der Waals surface area contributed by atoms with Gasteiger partial charge in [-0.3, -0.25) is 0 Å². The molecule has 18 heavy (non-hydrogen) atoms. The minimum absolute atomic E-state index is 0.785. The van der Waals surface area contributed by atoms with E-state index in [4.69, 9.17) is 4.74 Å². The summed E-state index contributed by atoms with van der Waals surface area (Å²) in [5.74, 6) is 1.60. The van der Waals surface area contributed by atoms with E-state index in [1.807, 2.05) is 66.9 Å². The third-order valence-corrected chi connectivity index (χ3v) is 2.59. The van der Waals surface area contributed by atoms with Crippen LogP contribution in [0.3, 0.4) is 0 Å². The van der Waals surface area contributed by atoms with Crippen LogP contribution in [0.15, 0.2) is 73.1 Å². The summed E-state index contributed by atoms with van der Waals surface area (Å²) in [5, 5.41) is 4.23. The van der Waals surface area contributed by atoms with Crippen molar-refractivity contribution >= 4 is 0 Å². The van der Waals surface area contributed by atoms with Gasteiger partial charge in [0.05, 0.1) is 0 Å². The van der Waals surface area contributed by atoms with Crippen molar-refractivity contribution in [2.45, 2.75) is 0 Å². The number of rotatable bonds is 3. The van der Waals surface area contributed by atoms with Crippen LogP contribution in [0, 0.1) is 0 Å². The molecule has 3 rings (SSSR count). The smallest absolute Gasteiger partial charge is 0.153 e. The second kappa shape index (κ2) is 4.75. The lowest BCUT2D eigenvalue weighted by Crippen LogP contribution is -1.97. The topological polar surface area (TPSA) is 27.1 Å². The lowest BCUT2D eigenvalue weighted by atomic mass is 10.3. The molecule has 0 aliphatic heterocycles. The van der Waals surface area contributed by atoms with E-state index in [9.17, 15) is 0 Å². The Morgan fingerprint density at radius 3 is 2.39 bits per heavy atom. The summed E-state index contributed by atoms with van der Waals surface area (Å²) in [6.45, 7) is 0. The van der Waals surface area contributed by atoms with Crippen molar-refractivity contribution in [2.24, 2.45) is 0 Å². The molecule has 2 aromatic carbocycles. The number of para-hydroxylation sites is 3. The van der Waals surface area contributed by atoms with Crippen molar-refractivity contribution in [1.29, 1.82) is 0 Å². The molecule has 0 unspecified atom stereocenters. The van der Waals surface area contributed by atoms with Gasteiger partial charge in [-0.05, 0) is 30.3 Å². The molecule has 1 heterocycles. The van der Waals surface area contributed by atoms with Crippen molar-refractivity contribution in [3.05, 3.63) is 73.1 Å². The Kier molecular flexibility index (Phi) is 2.80. The average Bonchev–Trinajstić information content (AvgIpc) is 2.94. The number of hydrogen-bond donors (Lipinski definition) is 0. The third kappa shape index (κ3) is 2.11. The maximum absolute atomic E-state index is 5.87. The Balaban J connectivity index is 1.98. The monoisotopic (exact) mass is 236 g/mol. The van der Waals surface area contributed by atoms with Gasteiger partial charge < -0.3 is 4.74 Å². The van der Waals surface area contributed by atoms with E-state index in [1.165, 1.54) is 0 Å². The summed E-state index contributed by atoms with van der Waals surface area (Å²) in [6, 6.07) is 19.4. The van der Waals surface area contributed by atoms with Crippen LogP contribution in [0.25, 0.3) is 5.69 Å². The maximum Gasteiger partial charge on any atom is 0.153 e. The molecule has 0 spiro atoms. The second-order valence-corrected chi connectivity index (χ2v) is 3.83. The van der Waals surface area contributed by atoms with Gasteiger partial charge >= 0.3 is 0 Å². The van der Waals surface area contributed by atoms with E-state index in [-0.39, 0.29) is 0 Å². The summed E-state index contributed by atoms with van der Waals surface area (Å²) in [6.07, 6.45) is 3.65. The number of aromatic nitrogens is 2. The van der Waals surface area contributed by atoms with Crippen molar-refractivity contribution in [3.63, 3.8) is 0 Å². The summed E-state index contributed by atoms with van der Waals surface area (Å²) in [7, 11) is 0. The lowest BCUT2D eigenvalue weighted by molar-refractivity contribution is 0.478. The quantitative estimate of drug-likeness (QED) is 0.693. The molecule has 0 aliphatic carbocycles. The fraction of sp³-hybridized carbons (Fsp3) is 0. The van der Waals surface area contributed by atoms with Gasteiger partial charge in [-0.25, -0.2) is 4.68 Å². The van der Waals surface area contributed by atoms with Gasteiger partial charge in [0.2, 0.25) is 0 Å². The van der Waals surface area contributed by atoms with E-state index < -0.39 is 0 Å². The Hall–Kier alpha value is -2.55.